The number of rotatable bonds is 39. The number of aliphatic hydroxyl groups excluding tert-OH is 4. The van der Waals surface area contributed by atoms with Crippen molar-refractivity contribution >= 4 is 11.9 Å². The zero-order chi connectivity index (χ0) is 40.9. The maximum Gasteiger partial charge on any atom is 0.306 e. The molecule has 10 heteroatoms. The predicted octanol–water partition coefficient (Wildman–Crippen LogP) is 9.95. The number of carbonyl (C=O) groups excluding carboxylic acids is 2. The van der Waals surface area contributed by atoms with E-state index in [0.717, 1.165) is 51.4 Å². The third-order valence-corrected chi connectivity index (χ3v) is 10.9. The van der Waals surface area contributed by atoms with Gasteiger partial charge in [-0.05, 0) is 38.5 Å². The maximum absolute atomic E-state index is 12.8. The summed E-state index contributed by atoms with van der Waals surface area (Å²) in [5.74, 6) is -0.805. The SMILES string of the molecule is CCCCCCCC/C=C/CCCCCCCC(=O)O[C@@H](COC(=O)CCCCCCCCCCCCCCCCCC)CO[C@H]1O[C@@H](CO)[C@@H](O)C(O)C1O. The van der Waals surface area contributed by atoms with Gasteiger partial charge in [0.25, 0.3) is 0 Å². The van der Waals surface area contributed by atoms with Crippen LogP contribution in [0.1, 0.15) is 213 Å². The second kappa shape index (κ2) is 37.7. The number of hydrogen-bond donors (Lipinski definition) is 4. The largest absolute Gasteiger partial charge is 0.462 e. The van der Waals surface area contributed by atoms with Gasteiger partial charge in [-0.3, -0.25) is 9.59 Å². The van der Waals surface area contributed by atoms with Crippen LogP contribution in [0.25, 0.3) is 0 Å². The summed E-state index contributed by atoms with van der Waals surface area (Å²) in [5.41, 5.74) is 0. The minimum atomic E-state index is -1.59. The van der Waals surface area contributed by atoms with Crippen LogP contribution in [0.5, 0.6) is 0 Å². The molecule has 0 bridgehead atoms. The van der Waals surface area contributed by atoms with Gasteiger partial charge >= 0.3 is 11.9 Å². The van der Waals surface area contributed by atoms with E-state index in [9.17, 15) is 30.0 Å². The number of carbonyl (C=O) groups is 2. The van der Waals surface area contributed by atoms with Crippen molar-refractivity contribution in [2.75, 3.05) is 19.8 Å². The van der Waals surface area contributed by atoms with Crippen LogP contribution in [-0.4, -0.2) is 89.0 Å². The Labute approximate surface area is 341 Å². The van der Waals surface area contributed by atoms with Gasteiger partial charge in [-0.1, -0.05) is 174 Å². The Bertz CT molecular complexity index is 928. The topological polar surface area (TPSA) is 152 Å². The normalized spacial score (nSPS) is 20.4. The standard InChI is InChI=1S/C46H86O10/c1-3-5-7-9-11-13-15-17-19-21-22-24-26-28-30-32-34-41(48)53-37-39(38-54-46-45(52)44(51)43(50)40(36-47)56-46)55-42(49)35-33-31-29-27-25-23-20-18-16-14-12-10-8-6-4-2/h18,20,39-40,43-47,50-52H,3-17,19,21-38H2,1-2H3/b20-18+/t39-,40-,43+,44?,45?,46-/m0/s1. The first-order valence-electron chi connectivity index (χ1n) is 23.3. The van der Waals surface area contributed by atoms with Crippen LogP contribution >= 0.6 is 0 Å². The molecule has 4 N–H and O–H groups in total. The molecule has 2 unspecified atom stereocenters. The third-order valence-electron chi connectivity index (χ3n) is 10.9. The number of esters is 2. The summed E-state index contributed by atoms with van der Waals surface area (Å²) in [5, 5.41) is 40.1. The van der Waals surface area contributed by atoms with E-state index in [1.165, 1.54) is 128 Å². The van der Waals surface area contributed by atoms with E-state index >= 15 is 0 Å². The lowest BCUT2D eigenvalue weighted by molar-refractivity contribution is -0.305. The van der Waals surface area contributed by atoms with Crippen LogP contribution < -0.4 is 0 Å². The predicted molar refractivity (Wildman–Crippen MR) is 224 cm³/mol. The van der Waals surface area contributed by atoms with Crippen molar-refractivity contribution in [3.05, 3.63) is 12.2 Å². The fourth-order valence-corrected chi connectivity index (χ4v) is 7.18. The van der Waals surface area contributed by atoms with Gasteiger partial charge in [-0.15, -0.1) is 0 Å². The van der Waals surface area contributed by atoms with Crippen LogP contribution in [0.15, 0.2) is 12.2 Å². The first-order chi connectivity index (χ1) is 27.3. The molecule has 0 radical (unpaired) electrons. The molecular weight excluding hydrogens is 712 g/mol. The van der Waals surface area contributed by atoms with Crippen LogP contribution in [0.4, 0.5) is 0 Å². The van der Waals surface area contributed by atoms with Crippen molar-refractivity contribution < 1.29 is 49.0 Å². The molecule has 0 amide bonds. The molecule has 0 aliphatic carbocycles. The van der Waals surface area contributed by atoms with Crippen molar-refractivity contribution in [1.29, 1.82) is 0 Å². The van der Waals surface area contributed by atoms with Gasteiger partial charge in [0.1, 0.15) is 31.0 Å². The highest BCUT2D eigenvalue weighted by molar-refractivity contribution is 5.70. The van der Waals surface area contributed by atoms with Gasteiger partial charge in [0.2, 0.25) is 0 Å². The van der Waals surface area contributed by atoms with Gasteiger partial charge < -0.3 is 39.4 Å². The molecule has 1 rings (SSSR count). The van der Waals surface area contributed by atoms with Gasteiger partial charge in [-0.2, -0.15) is 0 Å². The fourth-order valence-electron chi connectivity index (χ4n) is 7.18. The molecule has 1 aliphatic heterocycles. The average molecular weight is 799 g/mol. The minimum absolute atomic E-state index is 0.215. The molecular formula is C46H86O10. The molecule has 56 heavy (non-hydrogen) atoms. The molecule has 0 aromatic heterocycles. The van der Waals surface area contributed by atoms with E-state index in [0.29, 0.717) is 6.42 Å². The second-order valence-corrected chi connectivity index (χ2v) is 16.2. The van der Waals surface area contributed by atoms with Crippen molar-refractivity contribution in [2.24, 2.45) is 0 Å². The molecule has 0 aromatic rings. The highest BCUT2D eigenvalue weighted by Gasteiger charge is 2.44. The Hall–Kier alpha value is -1.56. The van der Waals surface area contributed by atoms with Crippen LogP contribution in [0.3, 0.4) is 0 Å². The second-order valence-electron chi connectivity index (χ2n) is 16.2. The van der Waals surface area contributed by atoms with Crippen LogP contribution in [-0.2, 0) is 28.5 Å². The summed E-state index contributed by atoms with van der Waals surface area (Å²) in [6.45, 7) is 3.43. The fraction of sp³-hybridized carbons (Fsp3) is 0.913. The van der Waals surface area contributed by atoms with Gasteiger partial charge in [-0.25, -0.2) is 0 Å². The molecule has 1 saturated heterocycles. The first kappa shape index (κ1) is 52.5. The average Bonchev–Trinajstić information content (AvgIpc) is 3.19. The first-order valence-corrected chi connectivity index (χ1v) is 23.3. The van der Waals surface area contributed by atoms with E-state index in [1.807, 2.05) is 0 Å². The summed E-state index contributed by atoms with van der Waals surface area (Å²) < 4.78 is 22.2. The van der Waals surface area contributed by atoms with Crippen molar-refractivity contribution in [3.8, 4) is 0 Å². The molecule has 10 nitrogen and oxygen atoms in total. The Balaban J connectivity index is 2.31. The maximum atomic E-state index is 12.8. The molecule has 0 aromatic carbocycles. The summed E-state index contributed by atoms with van der Waals surface area (Å²) in [4.78, 5) is 25.3. The highest BCUT2D eigenvalue weighted by Crippen LogP contribution is 2.23. The number of hydrogen-bond acceptors (Lipinski definition) is 10. The van der Waals surface area contributed by atoms with E-state index in [1.54, 1.807) is 0 Å². The van der Waals surface area contributed by atoms with Gasteiger partial charge in [0, 0.05) is 12.8 Å². The van der Waals surface area contributed by atoms with Crippen LogP contribution in [0.2, 0.25) is 0 Å². The van der Waals surface area contributed by atoms with Crippen molar-refractivity contribution in [2.45, 2.75) is 250 Å². The van der Waals surface area contributed by atoms with E-state index < -0.39 is 49.4 Å². The molecule has 1 fully saturated rings. The molecule has 0 saturated carbocycles. The summed E-state index contributed by atoms with van der Waals surface area (Å²) >= 11 is 0. The zero-order valence-corrected chi connectivity index (χ0v) is 35.9. The smallest absolute Gasteiger partial charge is 0.306 e. The highest BCUT2D eigenvalue weighted by atomic mass is 16.7. The third kappa shape index (κ3) is 28.8. The van der Waals surface area contributed by atoms with E-state index in [-0.39, 0.29) is 32.0 Å². The number of allylic oxidation sites excluding steroid dienone is 2. The molecule has 1 heterocycles. The minimum Gasteiger partial charge on any atom is -0.462 e. The van der Waals surface area contributed by atoms with E-state index in [2.05, 4.69) is 26.0 Å². The van der Waals surface area contributed by atoms with Gasteiger partial charge in [0.05, 0.1) is 13.2 Å². The monoisotopic (exact) mass is 799 g/mol. The number of unbranched alkanes of at least 4 members (excludes halogenated alkanes) is 26. The Kier molecular flexibility index (Phi) is 35.3. The number of ether oxygens (including phenoxy) is 4. The summed E-state index contributed by atoms with van der Waals surface area (Å²) in [6.07, 6.45) is 32.1. The molecule has 1 aliphatic rings. The lowest BCUT2D eigenvalue weighted by Gasteiger charge is -2.39. The Morgan fingerprint density at radius 1 is 0.536 bits per heavy atom. The summed E-state index contributed by atoms with van der Waals surface area (Å²) in [6, 6.07) is 0. The zero-order valence-electron chi connectivity index (χ0n) is 35.9. The van der Waals surface area contributed by atoms with Crippen molar-refractivity contribution in [1.82, 2.24) is 0 Å². The van der Waals surface area contributed by atoms with Crippen LogP contribution in [0, 0.1) is 0 Å². The molecule has 6 atom stereocenters. The molecule has 330 valence electrons. The lowest BCUT2D eigenvalue weighted by Crippen LogP contribution is -2.59. The Morgan fingerprint density at radius 2 is 0.946 bits per heavy atom. The summed E-state index contributed by atoms with van der Waals surface area (Å²) in [7, 11) is 0. The number of aliphatic hydroxyl groups is 4. The lowest BCUT2D eigenvalue weighted by atomic mass is 9.99. The van der Waals surface area contributed by atoms with Crippen molar-refractivity contribution in [3.63, 3.8) is 0 Å². The quantitative estimate of drug-likeness (QED) is 0.0269. The van der Waals surface area contributed by atoms with E-state index in [4.69, 9.17) is 18.9 Å². The van der Waals surface area contributed by atoms with Gasteiger partial charge in [0.15, 0.2) is 12.4 Å². The Morgan fingerprint density at radius 3 is 1.39 bits per heavy atom. The molecule has 0 spiro atoms.